The average Bonchev–Trinajstić information content (AvgIpc) is 2.66. The van der Waals surface area contributed by atoms with Gasteiger partial charge in [0.05, 0.1) is 6.04 Å². The molecular weight excluding hydrogens is 540 g/mol. The molecule has 0 aliphatic heterocycles. The first-order valence-electron chi connectivity index (χ1n) is 10.4. The van der Waals surface area contributed by atoms with Crippen LogP contribution in [0.25, 0.3) is 0 Å². The topological polar surface area (TPSA) is 159 Å². The molecule has 34 heavy (non-hydrogen) atoms. The molecule has 0 aromatic heterocycles. The summed E-state index contributed by atoms with van der Waals surface area (Å²) < 4.78 is 11.3. The third kappa shape index (κ3) is 19.3. The van der Waals surface area contributed by atoms with Crippen LogP contribution in [0.4, 0.5) is 0 Å². The van der Waals surface area contributed by atoms with Gasteiger partial charge in [0, 0.05) is 66.8 Å². The van der Waals surface area contributed by atoms with Crippen LogP contribution in [0.2, 0.25) is 0 Å². The number of hydrogen-bond donors (Lipinski definition) is 4. The number of Topliss-reactive ketones (excluding diaryl/α,β-unsaturated/α-hetero) is 2. The maximum absolute atomic E-state index is 12.6. The number of nitrogens with one attached hydrogen (secondary N) is 3. The Morgan fingerprint density at radius 2 is 1.21 bits per heavy atom. The molecule has 0 rings (SSSR count). The Balaban J connectivity index is -0.000000578. The largest absolute Gasteiger partial charge is 0.389 e. The van der Waals surface area contributed by atoms with Crippen molar-refractivity contribution < 1.29 is 70.4 Å². The summed E-state index contributed by atoms with van der Waals surface area (Å²) in [5, 5.41) is 15.7. The minimum absolute atomic E-state index is 0. The Morgan fingerprint density at radius 1 is 0.794 bits per heavy atom. The van der Waals surface area contributed by atoms with E-state index < -0.39 is 40.7 Å². The van der Waals surface area contributed by atoms with Gasteiger partial charge >= 0.3 is 0 Å². The molecule has 0 aromatic rings. The number of amides is 3. The molecule has 196 valence electrons. The number of aliphatic hydroxyl groups excluding tert-OH is 1. The van der Waals surface area contributed by atoms with Crippen LogP contribution < -0.4 is 16.0 Å². The summed E-state index contributed by atoms with van der Waals surface area (Å²) in [5.74, 6) is -1.77. The first kappa shape index (κ1) is 40.2. The zero-order chi connectivity index (χ0) is 25.6. The van der Waals surface area contributed by atoms with Gasteiger partial charge in [-0.1, -0.05) is 27.7 Å². The van der Waals surface area contributed by atoms with Gasteiger partial charge < -0.3 is 21.1 Å². The fourth-order valence-electron chi connectivity index (χ4n) is 2.57. The van der Waals surface area contributed by atoms with Gasteiger partial charge in [0.1, 0.15) is 18.7 Å². The zero-order valence-corrected chi connectivity index (χ0v) is 24.8. The number of hydrogen-bond acceptors (Lipinski definition) is 7. The standard InChI is InChI=1S/C18H33N3O5S.C3H6O2.2V/c1-10(2)15(12(5)22)20-18(25)16(11(3)4)21-17(24)14(19-13(6)23)8-9-27(7)26;1-3(5)2-4;;/h10-11,14-16H,8-9H2,1-7H3,(H,19,23)(H,20,25)(H,21,24);4H,2H2,1H3;;. The van der Waals surface area contributed by atoms with Gasteiger partial charge in [-0.15, -0.1) is 0 Å². The van der Waals surface area contributed by atoms with Gasteiger partial charge in [-0.25, -0.2) is 0 Å². The second-order valence-electron chi connectivity index (χ2n) is 8.25. The molecule has 0 aromatic carbocycles. The van der Waals surface area contributed by atoms with Crippen molar-refractivity contribution in [3.8, 4) is 0 Å². The van der Waals surface area contributed by atoms with E-state index in [0.717, 1.165) is 0 Å². The Labute approximate surface area is 229 Å². The van der Waals surface area contributed by atoms with E-state index in [-0.39, 0.29) is 85.2 Å². The number of carbonyl (C=O) groups is 5. The summed E-state index contributed by atoms with van der Waals surface area (Å²) >= 11 is 0. The number of rotatable bonds is 12. The number of aliphatic hydroxyl groups is 1. The normalized spacial score (nSPS) is 13.5. The average molecular weight is 580 g/mol. The third-order valence-electron chi connectivity index (χ3n) is 4.26. The van der Waals surface area contributed by atoms with Crippen LogP contribution >= 0.6 is 0 Å². The van der Waals surface area contributed by atoms with Crippen LogP contribution in [0.15, 0.2) is 0 Å². The molecule has 0 heterocycles. The Morgan fingerprint density at radius 3 is 1.50 bits per heavy atom. The molecule has 0 spiro atoms. The van der Waals surface area contributed by atoms with Gasteiger partial charge in [0.15, 0.2) is 11.6 Å². The van der Waals surface area contributed by atoms with Crippen molar-refractivity contribution in [1.82, 2.24) is 16.0 Å². The van der Waals surface area contributed by atoms with Gasteiger partial charge in [-0.05, 0) is 32.1 Å². The van der Waals surface area contributed by atoms with Gasteiger partial charge in [0.2, 0.25) is 17.7 Å². The first-order valence-corrected chi connectivity index (χ1v) is 12.1. The Bertz CT molecular complexity index is 691. The van der Waals surface area contributed by atoms with Crippen LogP contribution in [-0.4, -0.2) is 75.3 Å². The van der Waals surface area contributed by atoms with Crippen molar-refractivity contribution in [2.24, 2.45) is 11.8 Å². The van der Waals surface area contributed by atoms with Crippen LogP contribution in [0, 0.1) is 11.8 Å². The molecule has 4 atom stereocenters. The predicted molar refractivity (Wildman–Crippen MR) is 123 cm³/mol. The second-order valence-corrected chi connectivity index (χ2v) is 9.81. The molecular formula is C21H39N3O7SV2. The SMILES string of the molecule is CC(=O)CO.CC(=O)NC(CCS(C)=O)C(=O)NC(C(=O)NC(C(C)=O)C(C)C)C(C)C.[V].[V]. The molecule has 0 fully saturated rings. The van der Waals surface area contributed by atoms with E-state index in [4.69, 9.17) is 5.11 Å². The fourth-order valence-corrected chi connectivity index (χ4v) is 3.14. The summed E-state index contributed by atoms with van der Waals surface area (Å²) in [6, 6.07) is -2.38. The molecule has 3 amide bonds. The second kappa shape index (κ2) is 21.3. The van der Waals surface area contributed by atoms with Crippen molar-refractivity contribution in [2.45, 2.75) is 73.0 Å². The van der Waals surface area contributed by atoms with Gasteiger partial charge in [0.25, 0.3) is 0 Å². The molecule has 0 bridgehead atoms. The van der Waals surface area contributed by atoms with Crippen molar-refractivity contribution in [3.63, 3.8) is 0 Å². The van der Waals surface area contributed by atoms with Crippen molar-refractivity contribution in [2.75, 3.05) is 18.6 Å². The van der Waals surface area contributed by atoms with Crippen LogP contribution in [0.1, 0.15) is 54.9 Å². The maximum Gasteiger partial charge on any atom is 0.243 e. The third-order valence-corrected chi connectivity index (χ3v) is 5.07. The monoisotopic (exact) mass is 579 g/mol. The predicted octanol–water partition coefficient (Wildman–Crippen LogP) is -0.307. The molecule has 10 nitrogen and oxygen atoms in total. The molecule has 0 saturated carbocycles. The van der Waals surface area contributed by atoms with E-state index in [1.807, 2.05) is 13.8 Å². The van der Waals surface area contributed by atoms with Crippen molar-refractivity contribution >= 4 is 40.1 Å². The molecule has 0 aliphatic carbocycles. The summed E-state index contributed by atoms with van der Waals surface area (Å²) in [6.45, 7) is 10.9. The van der Waals surface area contributed by atoms with E-state index >= 15 is 0 Å². The summed E-state index contributed by atoms with van der Waals surface area (Å²) in [5.41, 5.74) is 0. The number of carbonyl (C=O) groups excluding carboxylic acids is 5. The summed E-state index contributed by atoms with van der Waals surface area (Å²) in [6.07, 6.45) is 1.71. The minimum atomic E-state index is -1.11. The first-order chi connectivity index (χ1) is 14.6. The zero-order valence-electron chi connectivity index (χ0n) is 21.2. The van der Waals surface area contributed by atoms with E-state index in [1.165, 1.54) is 27.0 Å². The Kier molecular flexibility index (Phi) is 25.2. The van der Waals surface area contributed by atoms with E-state index in [2.05, 4.69) is 16.0 Å². The van der Waals surface area contributed by atoms with Crippen LogP contribution in [-0.2, 0) is 71.9 Å². The molecule has 4 N–H and O–H groups in total. The summed E-state index contributed by atoms with van der Waals surface area (Å²) in [7, 11) is -1.11. The molecule has 4 unspecified atom stereocenters. The fraction of sp³-hybridized carbons (Fsp3) is 0.762. The van der Waals surface area contributed by atoms with Gasteiger partial charge in [-0.3, -0.25) is 28.2 Å². The van der Waals surface area contributed by atoms with Gasteiger partial charge in [-0.2, -0.15) is 0 Å². The molecule has 0 saturated heterocycles. The van der Waals surface area contributed by atoms with Crippen molar-refractivity contribution in [1.29, 1.82) is 0 Å². The van der Waals surface area contributed by atoms with E-state index in [0.29, 0.717) is 0 Å². The van der Waals surface area contributed by atoms with Crippen molar-refractivity contribution in [3.05, 3.63) is 0 Å². The van der Waals surface area contributed by atoms with Crippen LogP contribution in [0.3, 0.4) is 0 Å². The van der Waals surface area contributed by atoms with Crippen LogP contribution in [0.5, 0.6) is 0 Å². The molecule has 13 heteroatoms. The maximum atomic E-state index is 12.6. The summed E-state index contributed by atoms with van der Waals surface area (Å²) in [4.78, 5) is 57.9. The molecule has 0 aliphatic rings. The van der Waals surface area contributed by atoms with E-state index in [1.54, 1.807) is 13.8 Å². The number of ketones is 2. The molecule has 2 radical (unpaired) electrons. The minimum Gasteiger partial charge on any atom is -0.389 e. The Hall–Kier alpha value is -0.971. The smallest absolute Gasteiger partial charge is 0.243 e. The quantitative estimate of drug-likeness (QED) is 0.247. The van der Waals surface area contributed by atoms with E-state index in [9.17, 15) is 28.2 Å².